The van der Waals surface area contributed by atoms with E-state index in [-0.39, 0.29) is 0 Å². The second-order valence-electron chi connectivity index (χ2n) is 11.9. The summed E-state index contributed by atoms with van der Waals surface area (Å²) in [7, 11) is 0. The summed E-state index contributed by atoms with van der Waals surface area (Å²) < 4.78 is 6.57. The quantitative estimate of drug-likeness (QED) is 0.213. The Bertz CT molecular complexity index is 2490. The van der Waals surface area contributed by atoms with Crippen LogP contribution in [0, 0.1) is 0 Å². The highest BCUT2D eigenvalue weighted by Gasteiger charge is 2.34. The van der Waals surface area contributed by atoms with E-state index in [1.807, 2.05) is 0 Å². The van der Waals surface area contributed by atoms with Crippen molar-refractivity contribution in [1.82, 2.24) is 0 Å². The Hall–Kier alpha value is -4.88. The Morgan fingerprint density at radius 2 is 1.05 bits per heavy atom. The first-order chi connectivity index (χ1) is 19.8. The van der Waals surface area contributed by atoms with Crippen molar-refractivity contribution in [3.63, 3.8) is 0 Å². The first kappa shape index (κ1) is 20.1. The van der Waals surface area contributed by atoms with Crippen molar-refractivity contribution in [2.24, 2.45) is 0 Å². The number of hydrogen-bond donors (Lipinski definition) is 0. The van der Waals surface area contributed by atoms with E-state index in [0.29, 0.717) is 0 Å². The zero-order valence-electron chi connectivity index (χ0n) is 21.8. The van der Waals surface area contributed by atoms with Gasteiger partial charge in [-0.2, -0.15) is 0 Å². The number of hydrogen-bond acceptors (Lipinski definition) is 1. The Morgan fingerprint density at radius 3 is 1.95 bits per heavy atom. The van der Waals surface area contributed by atoms with Crippen molar-refractivity contribution in [3.05, 3.63) is 130 Å². The third-order valence-electron chi connectivity index (χ3n) is 10.1. The van der Waals surface area contributed by atoms with Crippen LogP contribution in [0.25, 0.3) is 76.5 Å². The molecule has 0 aliphatic heterocycles. The van der Waals surface area contributed by atoms with E-state index in [1.165, 1.54) is 98.7 Å². The van der Waals surface area contributed by atoms with Crippen LogP contribution in [0.4, 0.5) is 0 Å². The normalized spacial score (nSPS) is 14.2. The number of fused-ring (bicyclic) bond motifs is 3. The maximum atomic E-state index is 6.57. The molecule has 0 unspecified atom stereocenters. The van der Waals surface area contributed by atoms with Crippen molar-refractivity contribution >= 4 is 54.3 Å². The van der Waals surface area contributed by atoms with Crippen molar-refractivity contribution < 1.29 is 4.42 Å². The van der Waals surface area contributed by atoms with E-state index in [9.17, 15) is 0 Å². The van der Waals surface area contributed by atoms with E-state index in [4.69, 9.17) is 4.42 Å². The van der Waals surface area contributed by atoms with Gasteiger partial charge in [-0.1, -0.05) is 78.9 Å². The summed E-state index contributed by atoms with van der Waals surface area (Å²) in [5.74, 6) is 0. The predicted molar refractivity (Wildman–Crippen MR) is 166 cm³/mol. The fraction of sp³-hybridized carbons (Fsp3) is 0.0769. The largest absolute Gasteiger partial charge is 0.455 e. The Balaban J connectivity index is 1.31. The van der Waals surface area contributed by atoms with Gasteiger partial charge in [0.15, 0.2) is 0 Å². The molecule has 3 aliphatic carbocycles. The van der Waals surface area contributed by atoms with Crippen molar-refractivity contribution in [1.29, 1.82) is 0 Å². The van der Waals surface area contributed by atoms with Crippen LogP contribution in [0.2, 0.25) is 0 Å². The molecule has 3 aliphatic rings. The predicted octanol–water partition coefficient (Wildman–Crippen LogP) is 10.1. The average Bonchev–Trinajstić information content (AvgIpc) is 3.75. The van der Waals surface area contributed by atoms with Gasteiger partial charge in [0.2, 0.25) is 0 Å². The van der Waals surface area contributed by atoms with Crippen LogP contribution in [-0.2, 0) is 19.3 Å². The molecule has 0 spiro atoms. The summed E-state index contributed by atoms with van der Waals surface area (Å²) >= 11 is 0. The molecule has 0 N–H and O–H groups in total. The highest BCUT2D eigenvalue weighted by Crippen LogP contribution is 2.56. The molecule has 0 saturated heterocycles. The first-order valence-corrected chi connectivity index (χ1v) is 14.3. The average molecular weight is 507 g/mol. The molecule has 1 nitrogen and oxygen atoms in total. The minimum atomic E-state index is 0.960. The summed E-state index contributed by atoms with van der Waals surface area (Å²) in [4.78, 5) is 0. The molecule has 40 heavy (non-hydrogen) atoms. The Labute approximate surface area is 230 Å². The highest BCUT2D eigenvalue weighted by atomic mass is 16.3. The molecule has 0 fully saturated rings. The Morgan fingerprint density at radius 1 is 0.425 bits per heavy atom. The Kier molecular flexibility index (Phi) is 3.33. The van der Waals surface area contributed by atoms with Crippen molar-refractivity contribution in [2.45, 2.75) is 19.3 Å². The zero-order valence-corrected chi connectivity index (χ0v) is 21.8. The third kappa shape index (κ3) is 2.18. The van der Waals surface area contributed by atoms with Gasteiger partial charge in [-0.3, -0.25) is 0 Å². The number of para-hydroxylation sites is 2. The van der Waals surface area contributed by atoms with E-state index in [1.54, 1.807) is 0 Å². The molecule has 7 aromatic carbocycles. The van der Waals surface area contributed by atoms with Crippen LogP contribution >= 0.6 is 0 Å². The first-order valence-electron chi connectivity index (χ1n) is 14.3. The summed E-state index contributed by atoms with van der Waals surface area (Å²) in [5.41, 5.74) is 16.2. The lowest BCUT2D eigenvalue weighted by Crippen LogP contribution is -1.92. The second-order valence-corrected chi connectivity index (χ2v) is 11.9. The van der Waals surface area contributed by atoms with Crippen molar-refractivity contribution in [2.75, 3.05) is 0 Å². The van der Waals surface area contributed by atoms with Gasteiger partial charge in [0, 0.05) is 16.3 Å². The van der Waals surface area contributed by atoms with Gasteiger partial charge < -0.3 is 4.42 Å². The highest BCUT2D eigenvalue weighted by molar-refractivity contribution is 6.34. The SMILES string of the molecule is c1ccc(-c2cc3c4c5c2Cc2ccc6c(c25)c2c(cc(-c5cccc7c5oc5ccccc57)c(c24)C3)C6)cc1. The van der Waals surface area contributed by atoms with E-state index in [2.05, 4.69) is 97.1 Å². The topological polar surface area (TPSA) is 13.1 Å². The molecular weight excluding hydrogens is 484 g/mol. The zero-order chi connectivity index (χ0) is 25.7. The van der Waals surface area contributed by atoms with Gasteiger partial charge in [0.05, 0.1) is 0 Å². The lowest BCUT2D eigenvalue weighted by atomic mass is 9.89. The molecule has 1 heterocycles. The molecular formula is C39H22O. The lowest BCUT2D eigenvalue weighted by molar-refractivity contribution is 0.670. The van der Waals surface area contributed by atoms with Crippen LogP contribution in [0.1, 0.15) is 33.4 Å². The van der Waals surface area contributed by atoms with Gasteiger partial charge in [-0.05, 0) is 120 Å². The van der Waals surface area contributed by atoms with Crippen LogP contribution < -0.4 is 0 Å². The van der Waals surface area contributed by atoms with Gasteiger partial charge in [0.25, 0.3) is 0 Å². The standard InChI is InChI=1S/C39H22O/c1-2-7-20(8-3-1)28-17-24-19-31-29(27-11-6-10-26-25-9-4-5-12-32(25)40-39(26)27)18-23-15-21-13-14-22-16-30(28)37-34(22)33(21)35(23)38(31)36(24)37/h1-14,17-18H,15-16,19H2. The fourth-order valence-electron chi connectivity index (χ4n) is 8.54. The molecule has 0 bridgehead atoms. The van der Waals surface area contributed by atoms with Gasteiger partial charge in [-0.15, -0.1) is 0 Å². The molecule has 0 atom stereocenters. The number of furan rings is 1. The maximum Gasteiger partial charge on any atom is 0.143 e. The maximum absolute atomic E-state index is 6.57. The number of benzene rings is 7. The molecule has 8 aromatic rings. The number of rotatable bonds is 2. The van der Waals surface area contributed by atoms with Crippen LogP contribution in [0.5, 0.6) is 0 Å². The third-order valence-corrected chi connectivity index (χ3v) is 10.1. The molecule has 1 aromatic heterocycles. The smallest absolute Gasteiger partial charge is 0.143 e. The minimum absolute atomic E-state index is 0.960. The van der Waals surface area contributed by atoms with Gasteiger partial charge in [0.1, 0.15) is 11.2 Å². The van der Waals surface area contributed by atoms with Crippen LogP contribution in [0.3, 0.4) is 0 Å². The fourth-order valence-corrected chi connectivity index (χ4v) is 8.54. The monoisotopic (exact) mass is 506 g/mol. The minimum Gasteiger partial charge on any atom is -0.455 e. The summed E-state index contributed by atoms with van der Waals surface area (Å²) in [5, 5.41) is 11.5. The van der Waals surface area contributed by atoms with E-state index in [0.717, 1.165) is 30.4 Å². The molecule has 0 saturated carbocycles. The molecule has 0 amide bonds. The van der Waals surface area contributed by atoms with E-state index < -0.39 is 0 Å². The molecule has 184 valence electrons. The molecule has 1 heteroatoms. The summed E-state index contributed by atoms with van der Waals surface area (Å²) in [6, 6.07) is 36.0. The summed E-state index contributed by atoms with van der Waals surface area (Å²) in [6.45, 7) is 0. The lowest BCUT2D eigenvalue weighted by Gasteiger charge is -2.14. The second kappa shape index (κ2) is 6.63. The molecule has 11 rings (SSSR count). The molecule has 0 radical (unpaired) electrons. The van der Waals surface area contributed by atoms with Gasteiger partial charge in [-0.25, -0.2) is 0 Å². The van der Waals surface area contributed by atoms with Crippen LogP contribution in [0.15, 0.2) is 101 Å². The van der Waals surface area contributed by atoms with E-state index >= 15 is 0 Å². The van der Waals surface area contributed by atoms with Crippen molar-refractivity contribution in [3.8, 4) is 22.3 Å². The summed E-state index contributed by atoms with van der Waals surface area (Å²) in [6.07, 6.45) is 3.01. The van der Waals surface area contributed by atoms with Gasteiger partial charge >= 0.3 is 0 Å². The van der Waals surface area contributed by atoms with Crippen LogP contribution in [-0.4, -0.2) is 0 Å².